The van der Waals surface area contributed by atoms with Gasteiger partial charge in [0, 0.05) is 25.6 Å². The molecule has 1 fully saturated rings. The Bertz CT molecular complexity index is 690. The molecule has 0 bridgehead atoms. The predicted octanol–water partition coefficient (Wildman–Crippen LogP) is 2.72. The molecule has 0 saturated carbocycles. The van der Waals surface area contributed by atoms with E-state index in [1.807, 2.05) is 39.0 Å². The van der Waals surface area contributed by atoms with E-state index in [1.54, 1.807) is 4.90 Å². The maximum absolute atomic E-state index is 12.4. The Morgan fingerprint density at radius 1 is 1.19 bits per heavy atom. The van der Waals surface area contributed by atoms with Crippen LogP contribution in [0.5, 0.6) is 11.5 Å². The number of carbonyl (C=O) groups is 2. The third-order valence-electron chi connectivity index (χ3n) is 4.67. The fraction of sp³-hybridized carbons (Fsp3) is 0.600. The van der Waals surface area contributed by atoms with Gasteiger partial charge < -0.3 is 24.4 Å². The lowest BCUT2D eigenvalue weighted by molar-refractivity contribution is -0.126. The lowest BCUT2D eigenvalue weighted by Crippen LogP contribution is -2.45. The molecule has 0 aromatic heterocycles. The maximum atomic E-state index is 12.4. The van der Waals surface area contributed by atoms with Crippen molar-refractivity contribution in [2.45, 2.75) is 45.6 Å². The van der Waals surface area contributed by atoms with Crippen molar-refractivity contribution >= 4 is 12.0 Å². The largest absolute Gasteiger partial charge is 0.454 e. The zero-order chi connectivity index (χ0) is 19.4. The van der Waals surface area contributed by atoms with E-state index in [4.69, 9.17) is 14.2 Å². The second-order valence-corrected chi connectivity index (χ2v) is 7.97. The van der Waals surface area contributed by atoms with Gasteiger partial charge in [0.1, 0.15) is 5.60 Å². The number of amides is 2. The fourth-order valence-electron chi connectivity index (χ4n) is 3.22. The van der Waals surface area contributed by atoms with Gasteiger partial charge in [0.2, 0.25) is 12.7 Å². The van der Waals surface area contributed by atoms with Crippen LogP contribution in [0.4, 0.5) is 4.79 Å². The molecule has 2 heterocycles. The first-order chi connectivity index (χ1) is 12.8. The average molecular weight is 376 g/mol. The molecule has 0 unspecified atom stereocenters. The lowest BCUT2D eigenvalue weighted by Gasteiger charge is -2.32. The van der Waals surface area contributed by atoms with E-state index in [-0.39, 0.29) is 24.7 Å². The minimum absolute atomic E-state index is 0.0551. The second kappa shape index (κ2) is 8.06. The molecule has 0 spiro atoms. The topological polar surface area (TPSA) is 77.1 Å². The van der Waals surface area contributed by atoms with Gasteiger partial charge in [-0.15, -0.1) is 0 Å². The van der Waals surface area contributed by atoms with Gasteiger partial charge >= 0.3 is 6.09 Å². The molecule has 2 aliphatic heterocycles. The monoisotopic (exact) mass is 376 g/mol. The molecule has 1 aromatic carbocycles. The Kier molecular flexibility index (Phi) is 5.77. The van der Waals surface area contributed by atoms with Gasteiger partial charge in [-0.25, -0.2) is 4.79 Å². The number of nitrogens with one attached hydrogen (secondary N) is 1. The first-order valence-electron chi connectivity index (χ1n) is 9.46. The van der Waals surface area contributed by atoms with Gasteiger partial charge in [-0.3, -0.25) is 4.79 Å². The molecular weight excluding hydrogens is 348 g/mol. The highest BCUT2D eigenvalue weighted by Crippen LogP contribution is 2.32. The Morgan fingerprint density at radius 2 is 1.89 bits per heavy atom. The normalized spacial score (nSPS) is 16.9. The van der Waals surface area contributed by atoms with E-state index in [0.29, 0.717) is 32.5 Å². The zero-order valence-corrected chi connectivity index (χ0v) is 16.2. The van der Waals surface area contributed by atoms with Gasteiger partial charge in [-0.1, -0.05) is 6.07 Å². The Hall–Kier alpha value is -2.44. The molecule has 0 atom stereocenters. The Balaban J connectivity index is 1.39. The highest BCUT2D eigenvalue weighted by Gasteiger charge is 2.29. The van der Waals surface area contributed by atoms with E-state index in [0.717, 1.165) is 23.5 Å². The van der Waals surface area contributed by atoms with Crippen LogP contribution < -0.4 is 14.8 Å². The lowest BCUT2D eigenvalue weighted by atomic mass is 9.96. The minimum Gasteiger partial charge on any atom is -0.454 e. The van der Waals surface area contributed by atoms with Gasteiger partial charge in [-0.2, -0.15) is 0 Å². The van der Waals surface area contributed by atoms with Crippen LogP contribution in [-0.2, 0) is 16.0 Å². The molecule has 27 heavy (non-hydrogen) atoms. The van der Waals surface area contributed by atoms with E-state index < -0.39 is 5.60 Å². The predicted molar refractivity (Wildman–Crippen MR) is 99.8 cm³/mol. The van der Waals surface area contributed by atoms with Crippen LogP contribution in [0.25, 0.3) is 0 Å². The fourth-order valence-corrected chi connectivity index (χ4v) is 3.22. The first kappa shape index (κ1) is 19.3. The molecule has 1 saturated heterocycles. The summed E-state index contributed by atoms with van der Waals surface area (Å²) in [4.78, 5) is 26.2. The van der Waals surface area contributed by atoms with Crippen molar-refractivity contribution in [3.05, 3.63) is 23.8 Å². The molecule has 7 heteroatoms. The molecule has 2 aliphatic rings. The van der Waals surface area contributed by atoms with Crippen LogP contribution >= 0.6 is 0 Å². The smallest absolute Gasteiger partial charge is 0.410 e. The van der Waals surface area contributed by atoms with Crippen LogP contribution in [0, 0.1) is 5.92 Å². The summed E-state index contributed by atoms with van der Waals surface area (Å²) < 4.78 is 16.1. The van der Waals surface area contributed by atoms with Crippen LogP contribution in [0.1, 0.15) is 39.2 Å². The molecule has 148 valence electrons. The number of hydrogen-bond acceptors (Lipinski definition) is 5. The summed E-state index contributed by atoms with van der Waals surface area (Å²) in [5.41, 5.74) is 0.597. The Morgan fingerprint density at radius 3 is 2.59 bits per heavy atom. The molecular formula is C20H28N2O5. The summed E-state index contributed by atoms with van der Waals surface area (Å²) >= 11 is 0. The van der Waals surface area contributed by atoms with E-state index in [2.05, 4.69) is 5.32 Å². The van der Waals surface area contributed by atoms with Gasteiger partial charge in [-0.05, 0) is 57.7 Å². The van der Waals surface area contributed by atoms with E-state index in [9.17, 15) is 9.59 Å². The number of likely N-dealkylation sites (tertiary alicyclic amines) is 1. The number of ether oxygens (including phenoxy) is 3. The maximum Gasteiger partial charge on any atom is 0.410 e. The summed E-state index contributed by atoms with van der Waals surface area (Å²) in [7, 11) is 0. The summed E-state index contributed by atoms with van der Waals surface area (Å²) in [5.74, 6) is 1.52. The minimum atomic E-state index is -0.500. The van der Waals surface area contributed by atoms with Crippen molar-refractivity contribution in [3.63, 3.8) is 0 Å². The summed E-state index contributed by atoms with van der Waals surface area (Å²) in [6.45, 7) is 7.49. The van der Waals surface area contributed by atoms with Crippen molar-refractivity contribution in [3.8, 4) is 11.5 Å². The second-order valence-electron chi connectivity index (χ2n) is 7.97. The Labute approximate surface area is 160 Å². The molecule has 3 rings (SSSR count). The van der Waals surface area contributed by atoms with E-state index in [1.165, 1.54) is 0 Å². The van der Waals surface area contributed by atoms with Crippen LogP contribution in [0.3, 0.4) is 0 Å². The number of fused-ring (bicyclic) bond motifs is 1. The first-order valence-corrected chi connectivity index (χ1v) is 9.46. The number of benzene rings is 1. The summed E-state index contributed by atoms with van der Waals surface area (Å²) in [6.07, 6.45) is 1.76. The third kappa shape index (κ3) is 5.28. The van der Waals surface area contributed by atoms with Crippen molar-refractivity contribution in [2.75, 3.05) is 26.4 Å². The van der Waals surface area contributed by atoms with Gasteiger partial charge in [0.25, 0.3) is 0 Å². The summed E-state index contributed by atoms with van der Waals surface area (Å²) in [5, 5.41) is 3.01. The number of nitrogens with zero attached hydrogens (tertiary/aromatic N) is 1. The molecule has 2 amide bonds. The van der Waals surface area contributed by atoms with E-state index >= 15 is 0 Å². The quantitative estimate of drug-likeness (QED) is 0.874. The number of carbonyl (C=O) groups excluding carboxylic acids is 2. The average Bonchev–Trinajstić information content (AvgIpc) is 3.08. The number of hydrogen-bond donors (Lipinski definition) is 1. The number of piperidine rings is 1. The van der Waals surface area contributed by atoms with Crippen LogP contribution in [0.2, 0.25) is 0 Å². The van der Waals surface area contributed by atoms with Crippen molar-refractivity contribution in [1.82, 2.24) is 10.2 Å². The zero-order valence-electron chi connectivity index (χ0n) is 16.2. The standard InChI is InChI=1S/C20H28N2O5/c1-20(2,3)27-19(24)22-10-7-15(8-11-22)18(23)21-9-6-14-4-5-16-17(12-14)26-13-25-16/h4-5,12,15H,6-11,13H2,1-3H3,(H,21,23). The van der Waals surface area contributed by atoms with Crippen molar-refractivity contribution < 1.29 is 23.8 Å². The highest BCUT2D eigenvalue weighted by atomic mass is 16.7. The molecule has 1 N–H and O–H groups in total. The highest BCUT2D eigenvalue weighted by molar-refractivity contribution is 5.79. The number of rotatable bonds is 4. The SMILES string of the molecule is CC(C)(C)OC(=O)N1CCC(C(=O)NCCc2ccc3c(c2)OCO3)CC1. The molecule has 0 aliphatic carbocycles. The van der Waals surface area contributed by atoms with Crippen LogP contribution in [0.15, 0.2) is 18.2 Å². The van der Waals surface area contributed by atoms with Crippen molar-refractivity contribution in [1.29, 1.82) is 0 Å². The molecule has 0 radical (unpaired) electrons. The van der Waals surface area contributed by atoms with Crippen LogP contribution in [-0.4, -0.2) is 48.9 Å². The van der Waals surface area contributed by atoms with Crippen molar-refractivity contribution in [2.24, 2.45) is 5.92 Å². The van der Waals surface area contributed by atoms with Gasteiger partial charge in [0.15, 0.2) is 11.5 Å². The van der Waals surface area contributed by atoms with Gasteiger partial charge in [0.05, 0.1) is 0 Å². The molecule has 7 nitrogen and oxygen atoms in total. The third-order valence-corrected chi connectivity index (χ3v) is 4.67. The summed E-state index contributed by atoms with van der Waals surface area (Å²) in [6, 6.07) is 5.83. The molecule has 1 aromatic rings.